The quantitative estimate of drug-likeness (QED) is 0.573. The molecule has 1 fully saturated rings. The highest BCUT2D eigenvalue weighted by atomic mass is 35.5. The summed E-state index contributed by atoms with van der Waals surface area (Å²) in [5, 5.41) is 14.9. The Morgan fingerprint density at radius 1 is 1.25 bits per heavy atom. The van der Waals surface area contributed by atoms with Crippen molar-refractivity contribution in [3.05, 3.63) is 39.2 Å². The molecule has 0 radical (unpaired) electrons. The minimum absolute atomic E-state index is 0.238. The van der Waals surface area contributed by atoms with Crippen LogP contribution in [0.3, 0.4) is 0 Å². The number of hydrogen-bond acceptors (Lipinski definition) is 6. The summed E-state index contributed by atoms with van der Waals surface area (Å²) < 4.78 is 11.1. The third kappa shape index (κ3) is 6.03. The third-order valence-corrected chi connectivity index (χ3v) is 6.40. The number of nitrogens with one attached hydrogen (secondary N) is 1. The number of aliphatic carboxylic acids is 1. The van der Waals surface area contributed by atoms with Crippen molar-refractivity contribution in [3.63, 3.8) is 0 Å². The molecule has 1 amide bonds. The predicted molar refractivity (Wildman–Crippen MR) is 120 cm³/mol. The van der Waals surface area contributed by atoms with Crippen LogP contribution in [-0.2, 0) is 16.0 Å². The van der Waals surface area contributed by atoms with Gasteiger partial charge in [-0.1, -0.05) is 24.9 Å². The summed E-state index contributed by atoms with van der Waals surface area (Å²) >= 11 is 6.41. The SMILES string of the molecule is CCCCc1cc(=O)oc2cc(O[C@@H](C)C(=O)NCC3CCC(C(=O)[O-])CC3)c(Cl)cc12. The van der Waals surface area contributed by atoms with E-state index in [9.17, 15) is 19.5 Å². The van der Waals surface area contributed by atoms with Crippen LogP contribution in [0.2, 0.25) is 5.02 Å². The Morgan fingerprint density at radius 2 is 1.97 bits per heavy atom. The summed E-state index contributed by atoms with van der Waals surface area (Å²) in [4.78, 5) is 35.4. The Balaban J connectivity index is 1.62. The van der Waals surface area contributed by atoms with Gasteiger partial charge in [0.05, 0.1) is 5.02 Å². The number of hydrogen-bond donors (Lipinski definition) is 1. The molecule has 1 saturated carbocycles. The van der Waals surface area contributed by atoms with Crippen LogP contribution >= 0.6 is 11.6 Å². The number of benzene rings is 1. The molecule has 1 heterocycles. The molecule has 0 saturated heterocycles. The van der Waals surface area contributed by atoms with E-state index in [2.05, 4.69) is 12.2 Å². The van der Waals surface area contributed by atoms with E-state index in [-0.39, 0.29) is 23.5 Å². The maximum atomic E-state index is 12.5. The number of carbonyl (C=O) groups excluding carboxylic acids is 2. The summed E-state index contributed by atoms with van der Waals surface area (Å²) in [7, 11) is 0. The summed E-state index contributed by atoms with van der Waals surface area (Å²) in [5.41, 5.74) is 0.821. The molecule has 0 aliphatic heterocycles. The van der Waals surface area contributed by atoms with Crippen LogP contribution in [0.15, 0.2) is 27.4 Å². The molecule has 174 valence electrons. The van der Waals surface area contributed by atoms with Gasteiger partial charge in [-0.2, -0.15) is 0 Å². The van der Waals surface area contributed by atoms with Crippen molar-refractivity contribution >= 4 is 34.4 Å². The van der Waals surface area contributed by atoms with Gasteiger partial charge in [0.25, 0.3) is 5.91 Å². The van der Waals surface area contributed by atoms with Crippen molar-refractivity contribution in [2.45, 2.75) is 64.9 Å². The highest BCUT2D eigenvalue weighted by Crippen LogP contribution is 2.32. The molecule has 1 aliphatic carbocycles. The monoisotopic (exact) mass is 462 g/mol. The first-order chi connectivity index (χ1) is 15.3. The van der Waals surface area contributed by atoms with Gasteiger partial charge >= 0.3 is 5.63 Å². The van der Waals surface area contributed by atoms with Gasteiger partial charge in [-0.25, -0.2) is 4.79 Å². The van der Waals surface area contributed by atoms with Gasteiger partial charge in [-0.15, -0.1) is 0 Å². The Hall–Kier alpha value is -2.54. The van der Waals surface area contributed by atoms with E-state index in [1.165, 1.54) is 6.07 Å². The van der Waals surface area contributed by atoms with E-state index < -0.39 is 17.7 Å². The summed E-state index contributed by atoms with van der Waals surface area (Å²) in [5.74, 6) is -1.16. The molecule has 0 unspecified atom stereocenters. The highest BCUT2D eigenvalue weighted by molar-refractivity contribution is 6.32. The number of ether oxygens (including phenoxy) is 1. The molecule has 1 aliphatic rings. The molecule has 7 nitrogen and oxygen atoms in total. The molecule has 2 aromatic rings. The predicted octanol–water partition coefficient (Wildman–Crippen LogP) is 3.23. The van der Waals surface area contributed by atoms with E-state index in [1.54, 1.807) is 19.1 Å². The zero-order valence-corrected chi connectivity index (χ0v) is 19.2. The second-order valence-electron chi connectivity index (χ2n) is 8.51. The number of unbranched alkanes of at least 4 members (excludes halogenated alkanes) is 1. The fourth-order valence-corrected chi connectivity index (χ4v) is 4.34. The molecule has 0 bridgehead atoms. The lowest BCUT2D eigenvalue weighted by Gasteiger charge is -2.29. The van der Waals surface area contributed by atoms with Crippen molar-refractivity contribution < 1.29 is 23.8 Å². The topological polar surface area (TPSA) is 109 Å². The second kappa shape index (κ2) is 10.9. The molecule has 8 heteroatoms. The summed E-state index contributed by atoms with van der Waals surface area (Å²) in [6.45, 7) is 4.17. The first-order valence-electron chi connectivity index (χ1n) is 11.2. The number of halogens is 1. The number of carboxylic acids is 1. The Bertz CT molecular complexity index is 1030. The summed E-state index contributed by atoms with van der Waals surface area (Å²) in [6.07, 6.45) is 4.52. The van der Waals surface area contributed by atoms with Crippen molar-refractivity contribution in [2.75, 3.05) is 6.54 Å². The molecule has 1 aromatic carbocycles. The Kier molecular flexibility index (Phi) is 8.18. The van der Waals surface area contributed by atoms with Gasteiger partial charge < -0.3 is 24.4 Å². The van der Waals surface area contributed by atoms with E-state index in [0.29, 0.717) is 30.0 Å². The van der Waals surface area contributed by atoms with Gasteiger partial charge in [-0.05, 0) is 68.9 Å². The van der Waals surface area contributed by atoms with Crippen LogP contribution in [0, 0.1) is 11.8 Å². The number of amides is 1. The van der Waals surface area contributed by atoms with E-state index in [1.807, 2.05) is 0 Å². The fraction of sp³-hybridized carbons (Fsp3) is 0.542. The van der Waals surface area contributed by atoms with E-state index in [0.717, 1.165) is 43.1 Å². The van der Waals surface area contributed by atoms with Crippen LogP contribution in [-0.4, -0.2) is 24.5 Å². The maximum Gasteiger partial charge on any atom is 0.336 e. The number of carbonyl (C=O) groups is 2. The number of aryl methyl sites for hydroxylation is 1. The van der Waals surface area contributed by atoms with Gasteiger partial charge in [0.15, 0.2) is 6.10 Å². The Morgan fingerprint density at radius 3 is 2.62 bits per heavy atom. The zero-order chi connectivity index (χ0) is 23.3. The molecular weight excluding hydrogens is 434 g/mol. The van der Waals surface area contributed by atoms with Crippen molar-refractivity contribution in [2.24, 2.45) is 11.8 Å². The standard InChI is InChI=1S/C24H30ClNO6/c1-3-4-5-17-10-22(27)32-20-12-21(19(25)11-18(17)20)31-14(2)23(28)26-13-15-6-8-16(9-7-15)24(29)30/h10-12,14-16H,3-9,13H2,1-2H3,(H,26,28)(H,29,30)/p-1/t14-,15?,16?/m0/s1. The normalized spacial score (nSPS) is 19.5. The van der Waals surface area contributed by atoms with Crippen molar-refractivity contribution in [1.29, 1.82) is 0 Å². The van der Waals surface area contributed by atoms with Crippen LogP contribution in [0.4, 0.5) is 0 Å². The van der Waals surface area contributed by atoms with E-state index >= 15 is 0 Å². The maximum absolute atomic E-state index is 12.5. The van der Waals surface area contributed by atoms with Gasteiger partial charge in [0.2, 0.25) is 0 Å². The van der Waals surface area contributed by atoms with Crippen LogP contribution in [0.1, 0.15) is 57.9 Å². The minimum Gasteiger partial charge on any atom is -0.550 e. The molecular formula is C24H29ClNO6-. The molecule has 1 atom stereocenters. The number of fused-ring (bicyclic) bond motifs is 1. The minimum atomic E-state index is -0.991. The molecule has 0 spiro atoms. The third-order valence-electron chi connectivity index (χ3n) is 6.10. The number of rotatable bonds is 9. The smallest absolute Gasteiger partial charge is 0.336 e. The first-order valence-corrected chi connectivity index (χ1v) is 11.6. The lowest BCUT2D eigenvalue weighted by atomic mass is 9.82. The average Bonchev–Trinajstić information content (AvgIpc) is 2.76. The lowest BCUT2D eigenvalue weighted by Crippen LogP contribution is -2.40. The zero-order valence-electron chi connectivity index (χ0n) is 18.4. The van der Waals surface area contributed by atoms with Crippen molar-refractivity contribution in [3.8, 4) is 5.75 Å². The van der Waals surface area contributed by atoms with Gasteiger partial charge in [-0.3, -0.25) is 4.79 Å². The van der Waals surface area contributed by atoms with E-state index in [4.69, 9.17) is 20.8 Å². The molecule has 32 heavy (non-hydrogen) atoms. The van der Waals surface area contributed by atoms with Gasteiger partial charge in [0.1, 0.15) is 11.3 Å². The van der Waals surface area contributed by atoms with Gasteiger partial charge in [0, 0.05) is 30.0 Å². The lowest BCUT2D eigenvalue weighted by molar-refractivity contribution is -0.312. The van der Waals surface area contributed by atoms with Crippen LogP contribution < -0.4 is 20.8 Å². The summed E-state index contributed by atoms with van der Waals surface area (Å²) in [6, 6.07) is 4.76. The fourth-order valence-electron chi connectivity index (χ4n) is 4.13. The second-order valence-corrected chi connectivity index (χ2v) is 8.92. The van der Waals surface area contributed by atoms with Crippen LogP contribution in [0.5, 0.6) is 5.75 Å². The number of carboxylic acid groups (broad SMARTS) is 1. The Labute approximate surface area is 192 Å². The largest absolute Gasteiger partial charge is 0.550 e. The molecule has 1 N–H and O–H groups in total. The highest BCUT2D eigenvalue weighted by Gasteiger charge is 2.24. The first kappa shape index (κ1) is 24.1. The average molecular weight is 463 g/mol. The van der Waals surface area contributed by atoms with Crippen molar-refractivity contribution in [1.82, 2.24) is 5.32 Å². The van der Waals surface area contributed by atoms with Crippen LogP contribution in [0.25, 0.3) is 11.0 Å². The molecule has 3 rings (SSSR count). The molecule has 1 aromatic heterocycles.